The number of carbonyl (C=O) groups is 1. The maximum Gasteiger partial charge on any atom is 0.439 e. The molecule has 1 heterocycles. The van der Waals surface area contributed by atoms with Gasteiger partial charge in [-0.25, -0.2) is 13.4 Å². The van der Waals surface area contributed by atoms with Gasteiger partial charge in [0, 0.05) is 25.9 Å². The number of amides is 1. The van der Waals surface area contributed by atoms with E-state index in [1.165, 1.54) is 7.05 Å². The first-order valence-electron chi connectivity index (χ1n) is 6.16. The molecule has 1 aromatic rings. The minimum Gasteiger partial charge on any atom is -0.337 e. The molecule has 0 spiro atoms. The molecule has 0 bridgehead atoms. The molecular weight excluding hydrogens is 301 g/mol. The van der Waals surface area contributed by atoms with E-state index >= 15 is 0 Å². The van der Waals surface area contributed by atoms with Crippen molar-refractivity contribution < 1.29 is 31.4 Å². The van der Waals surface area contributed by atoms with Crippen LogP contribution in [0.2, 0.25) is 0 Å². The number of halogens is 5. The largest absolute Gasteiger partial charge is 0.439 e. The number of carbonyl (C=O) groups excluding carboxylic acids is 1. The molecule has 0 aromatic carbocycles. The highest BCUT2D eigenvalue weighted by molar-refractivity contribution is 5.93. The molecule has 1 aliphatic carbocycles. The summed E-state index contributed by atoms with van der Waals surface area (Å²) in [7, 11) is 1.26. The van der Waals surface area contributed by atoms with E-state index in [0.717, 1.165) is 4.90 Å². The van der Waals surface area contributed by atoms with Gasteiger partial charge in [-0.2, -0.15) is 13.2 Å². The standard InChI is InChI=1S/C11H12F5N3O2/c1-19(6-2-4-10(12,13)5-3-6)9(20)7-8(11(14,15)16)18-21-17-7/h6H,2-5H2,1H3. The smallest absolute Gasteiger partial charge is 0.337 e. The number of hydrogen-bond donors (Lipinski definition) is 0. The van der Waals surface area contributed by atoms with Crippen LogP contribution < -0.4 is 0 Å². The van der Waals surface area contributed by atoms with Gasteiger partial charge in [-0.1, -0.05) is 0 Å². The molecule has 1 aliphatic rings. The zero-order chi connectivity index (χ0) is 15.8. The van der Waals surface area contributed by atoms with Gasteiger partial charge in [0.2, 0.25) is 17.3 Å². The molecule has 2 rings (SSSR count). The van der Waals surface area contributed by atoms with Gasteiger partial charge in [0.25, 0.3) is 5.91 Å². The third-order valence-electron chi connectivity index (χ3n) is 3.51. The van der Waals surface area contributed by atoms with Crippen LogP contribution in [0.1, 0.15) is 41.9 Å². The second kappa shape index (κ2) is 5.23. The Hall–Kier alpha value is -1.74. The Kier molecular flexibility index (Phi) is 3.89. The molecule has 0 atom stereocenters. The summed E-state index contributed by atoms with van der Waals surface area (Å²) in [5.74, 6) is -3.83. The summed E-state index contributed by atoms with van der Waals surface area (Å²) in [6.07, 6.45) is -5.65. The summed E-state index contributed by atoms with van der Waals surface area (Å²) in [5.41, 5.74) is -2.47. The lowest BCUT2D eigenvalue weighted by molar-refractivity contribution is -0.143. The fourth-order valence-electron chi connectivity index (χ4n) is 2.26. The number of hydrogen-bond acceptors (Lipinski definition) is 4. The predicted octanol–water partition coefficient (Wildman–Crippen LogP) is 2.74. The van der Waals surface area contributed by atoms with Crippen molar-refractivity contribution in [3.05, 3.63) is 11.4 Å². The molecule has 0 unspecified atom stereocenters. The van der Waals surface area contributed by atoms with Gasteiger partial charge in [0.15, 0.2) is 0 Å². The first kappa shape index (κ1) is 15.6. The normalized spacial score (nSPS) is 19.5. The maximum atomic E-state index is 13.0. The molecule has 0 saturated heterocycles. The Morgan fingerprint density at radius 1 is 1.29 bits per heavy atom. The van der Waals surface area contributed by atoms with Crippen LogP contribution in [0, 0.1) is 0 Å². The molecule has 1 saturated carbocycles. The Morgan fingerprint density at radius 2 is 1.86 bits per heavy atom. The molecule has 1 amide bonds. The Balaban J connectivity index is 2.12. The third-order valence-corrected chi connectivity index (χ3v) is 3.51. The summed E-state index contributed by atoms with van der Waals surface area (Å²) in [5, 5.41) is 5.66. The molecule has 0 N–H and O–H groups in total. The monoisotopic (exact) mass is 313 g/mol. The van der Waals surface area contributed by atoms with Gasteiger partial charge in [-0.05, 0) is 23.2 Å². The topological polar surface area (TPSA) is 59.2 Å². The molecule has 1 aromatic heterocycles. The van der Waals surface area contributed by atoms with Crippen LogP contribution in [0.5, 0.6) is 0 Å². The number of rotatable bonds is 2. The third kappa shape index (κ3) is 3.30. The van der Waals surface area contributed by atoms with E-state index in [9.17, 15) is 26.7 Å². The van der Waals surface area contributed by atoms with E-state index in [2.05, 4.69) is 14.9 Å². The van der Waals surface area contributed by atoms with E-state index in [4.69, 9.17) is 0 Å². The molecule has 0 radical (unpaired) electrons. The van der Waals surface area contributed by atoms with Gasteiger partial charge < -0.3 is 4.90 Å². The summed E-state index contributed by atoms with van der Waals surface area (Å²) in [6, 6.07) is -0.560. The fourth-order valence-corrected chi connectivity index (χ4v) is 2.26. The van der Waals surface area contributed by atoms with E-state index in [-0.39, 0.29) is 12.8 Å². The van der Waals surface area contributed by atoms with Gasteiger partial charge in [-0.15, -0.1) is 0 Å². The van der Waals surface area contributed by atoms with Crippen molar-refractivity contribution in [3.63, 3.8) is 0 Å². The summed E-state index contributed by atoms with van der Waals surface area (Å²) >= 11 is 0. The maximum absolute atomic E-state index is 13.0. The SMILES string of the molecule is CN(C(=O)c1nonc1C(F)(F)F)C1CCC(F)(F)CC1. The van der Waals surface area contributed by atoms with Crippen molar-refractivity contribution in [3.8, 4) is 0 Å². The number of nitrogens with zero attached hydrogens (tertiary/aromatic N) is 3. The van der Waals surface area contributed by atoms with Crippen LogP contribution in [0.25, 0.3) is 0 Å². The first-order chi connectivity index (χ1) is 9.62. The summed E-state index contributed by atoms with van der Waals surface area (Å²) in [4.78, 5) is 13.0. The molecule has 5 nitrogen and oxygen atoms in total. The van der Waals surface area contributed by atoms with Crippen molar-refractivity contribution in [2.75, 3.05) is 7.05 Å². The van der Waals surface area contributed by atoms with Crippen LogP contribution in [0.4, 0.5) is 22.0 Å². The first-order valence-corrected chi connectivity index (χ1v) is 6.16. The minimum atomic E-state index is -4.87. The fraction of sp³-hybridized carbons (Fsp3) is 0.727. The van der Waals surface area contributed by atoms with E-state index < -0.39 is 48.3 Å². The van der Waals surface area contributed by atoms with Crippen molar-refractivity contribution >= 4 is 5.91 Å². The summed E-state index contributed by atoms with van der Waals surface area (Å²) in [6.45, 7) is 0. The number of alkyl halides is 5. The average Bonchev–Trinajstić information content (AvgIpc) is 2.86. The molecular formula is C11H12F5N3O2. The van der Waals surface area contributed by atoms with Gasteiger partial charge in [0.1, 0.15) is 0 Å². The lowest BCUT2D eigenvalue weighted by Crippen LogP contribution is -2.42. The molecule has 21 heavy (non-hydrogen) atoms. The van der Waals surface area contributed by atoms with Crippen LogP contribution in [-0.4, -0.2) is 40.1 Å². The highest BCUT2D eigenvalue weighted by atomic mass is 19.4. The predicted molar refractivity (Wildman–Crippen MR) is 58.6 cm³/mol. The van der Waals surface area contributed by atoms with Gasteiger partial charge in [0.05, 0.1) is 0 Å². The lowest BCUT2D eigenvalue weighted by atomic mass is 9.91. The Bertz CT molecular complexity index is 518. The molecule has 1 fully saturated rings. The van der Waals surface area contributed by atoms with Crippen molar-refractivity contribution in [1.29, 1.82) is 0 Å². The van der Waals surface area contributed by atoms with Crippen LogP contribution in [-0.2, 0) is 6.18 Å². The highest BCUT2D eigenvalue weighted by Gasteiger charge is 2.43. The zero-order valence-electron chi connectivity index (χ0n) is 11.0. The van der Waals surface area contributed by atoms with Gasteiger partial charge in [-0.3, -0.25) is 4.79 Å². The van der Waals surface area contributed by atoms with Crippen LogP contribution in [0.15, 0.2) is 4.63 Å². The second-order valence-electron chi connectivity index (χ2n) is 4.96. The van der Waals surface area contributed by atoms with Crippen molar-refractivity contribution in [2.45, 2.75) is 43.8 Å². The quantitative estimate of drug-likeness (QED) is 0.788. The molecule has 118 valence electrons. The van der Waals surface area contributed by atoms with Crippen molar-refractivity contribution in [1.82, 2.24) is 15.2 Å². The van der Waals surface area contributed by atoms with Gasteiger partial charge >= 0.3 is 6.18 Å². The zero-order valence-corrected chi connectivity index (χ0v) is 11.0. The van der Waals surface area contributed by atoms with Crippen molar-refractivity contribution in [2.24, 2.45) is 0 Å². The Morgan fingerprint density at radius 3 is 2.38 bits per heavy atom. The van der Waals surface area contributed by atoms with E-state index in [0.29, 0.717) is 0 Å². The highest BCUT2D eigenvalue weighted by Crippen LogP contribution is 2.36. The Labute approximate surface area is 116 Å². The van der Waals surface area contributed by atoms with E-state index in [1.807, 2.05) is 0 Å². The lowest BCUT2D eigenvalue weighted by Gasteiger charge is -2.34. The number of aromatic nitrogens is 2. The van der Waals surface area contributed by atoms with E-state index in [1.54, 1.807) is 0 Å². The minimum absolute atomic E-state index is 0.0157. The second-order valence-corrected chi connectivity index (χ2v) is 4.96. The summed E-state index contributed by atoms with van der Waals surface area (Å²) < 4.78 is 67.9. The van der Waals surface area contributed by atoms with Crippen LogP contribution in [0.3, 0.4) is 0 Å². The molecule has 10 heteroatoms. The van der Waals surface area contributed by atoms with Crippen LogP contribution >= 0.6 is 0 Å². The molecule has 0 aliphatic heterocycles. The average molecular weight is 313 g/mol.